The number of hydrogen-bond acceptors (Lipinski definition) is 6. The molecule has 0 bridgehead atoms. The van der Waals surface area contributed by atoms with Gasteiger partial charge in [0, 0.05) is 18.4 Å². The molecule has 0 radical (unpaired) electrons. The van der Waals surface area contributed by atoms with Gasteiger partial charge in [-0.05, 0) is 5.56 Å². The van der Waals surface area contributed by atoms with Crippen molar-refractivity contribution in [2.45, 2.75) is 12.3 Å². The summed E-state index contributed by atoms with van der Waals surface area (Å²) in [5.74, 6) is -2.63. The second-order valence-corrected chi connectivity index (χ2v) is 5.88. The molecule has 0 amide bonds. The molecule has 1 spiro atoms. The van der Waals surface area contributed by atoms with Crippen LogP contribution in [0.2, 0.25) is 0 Å². The molecule has 1 aromatic rings. The fourth-order valence-corrected chi connectivity index (χ4v) is 3.62. The predicted molar refractivity (Wildman–Crippen MR) is 87.4 cm³/mol. The van der Waals surface area contributed by atoms with E-state index in [1.54, 1.807) is 24.3 Å². The van der Waals surface area contributed by atoms with Crippen molar-refractivity contribution in [3.05, 3.63) is 59.2 Å². The maximum absolute atomic E-state index is 13.1. The van der Waals surface area contributed by atoms with Gasteiger partial charge in [0.2, 0.25) is 23.1 Å². The summed E-state index contributed by atoms with van der Waals surface area (Å²) in [5, 5.41) is 0. The molecule has 1 aromatic carbocycles. The molecule has 0 fully saturated rings. The Morgan fingerprint density at radius 3 is 1.92 bits per heavy atom. The number of Topliss-reactive ketones (excluding diaryl/α,β-unsaturated/α-hetero) is 2. The van der Waals surface area contributed by atoms with Crippen LogP contribution in [0.1, 0.15) is 17.9 Å². The summed E-state index contributed by atoms with van der Waals surface area (Å²) >= 11 is 0. The minimum atomic E-state index is -1.90. The molecule has 6 heteroatoms. The van der Waals surface area contributed by atoms with Crippen LogP contribution in [-0.4, -0.2) is 38.7 Å². The number of allylic oxidation sites excluding steroid dienone is 4. The third-order valence-corrected chi connectivity index (χ3v) is 4.82. The van der Waals surface area contributed by atoms with Crippen molar-refractivity contribution in [1.29, 1.82) is 0 Å². The van der Waals surface area contributed by atoms with E-state index in [1.807, 2.05) is 6.07 Å². The molecule has 1 atom stereocenters. The number of carbonyl (C=O) groups is 3. The van der Waals surface area contributed by atoms with Crippen LogP contribution in [0, 0.1) is 5.41 Å². The van der Waals surface area contributed by atoms with Gasteiger partial charge in [0.25, 0.3) is 0 Å². The molecule has 130 valence electrons. The highest BCUT2D eigenvalue weighted by atomic mass is 16.5. The first-order valence-electron chi connectivity index (χ1n) is 7.78. The Bertz CT molecular complexity index is 776. The monoisotopic (exact) mass is 342 g/mol. The molecular formula is C19H18O6. The quantitative estimate of drug-likeness (QED) is 0.778. The van der Waals surface area contributed by atoms with Crippen molar-refractivity contribution >= 4 is 17.3 Å². The van der Waals surface area contributed by atoms with E-state index in [2.05, 4.69) is 0 Å². The van der Waals surface area contributed by atoms with Gasteiger partial charge < -0.3 is 14.2 Å². The van der Waals surface area contributed by atoms with Gasteiger partial charge >= 0.3 is 0 Å². The molecule has 25 heavy (non-hydrogen) atoms. The summed E-state index contributed by atoms with van der Waals surface area (Å²) in [6.45, 7) is 0. The zero-order valence-electron chi connectivity index (χ0n) is 14.2. The summed E-state index contributed by atoms with van der Waals surface area (Å²) in [6.07, 6.45) is 1.47. The summed E-state index contributed by atoms with van der Waals surface area (Å²) in [7, 11) is 4.01. The van der Waals surface area contributed by atoms with Gasteiger partial charge in [-0.1, -0.05) is 30.3 Å². The Morgan fingerprint density at radius 2 is 1.44 bits per heavy atom. The van der Waals surface area contributed by atoms with Crippen molar-refractivity contribution in [2.24, 2.45) is 5.41 Å². The zero-order valence-corrected chi connectivity index (χ0v) is 14.2. The standard InChI is InChI=1S/C19H18O6/c1-23-12-9-13(11-7-5-4-6-8-11)19(14(20)10-12)17(21)15(24-2)16(25-3)18(19)22/h4-8,10,13H,9H2,1-3H3/t13-/m1/s1. The van der Waals surface area contributed by atoms with Gasteiger partial charge in [0.1, 0.15) is 0 Å². The van der Waals surface area contributed by atoms with Crippen LogP contribution < -0.4 is 0 Å². The molecular weight excluding hydrogens is 324 g/mol. The predicted octanol–water partition coefficient (Wildman–Crippen LogP) is 1.92. The highest BCUT2D eigenvalue weighted by Gasteiger charge is 2.66. The summed E-state index contributed by atoms with van der Waals surface area (Å²) < 4.78 is 15.4. The highest BCUT2D eigenvalue weighted by molar-refractivity contribution is 6.39. The lowest BCUT2D eigenvalue weighted by atomic mass is 9.62. The summed E-state index contributed by atoms with van der Waals surface area (Å²) in [6, 6.07) is 8.99. The van der Waals surface area contributed by atoms with Crippen molar-refractivity contribution in [3.63, 3.8) is 0 Å². The van der Waals surface area contributed by atoms with E-state index in [0.717, 1.165) is 0 Å². The maximum Gasteiger partial charge on any atom is 0.223 e. The Labute approximate surface area is 145 Å². The normalized spacial score (nSPS) is 22.3. The van der Waals surface area contributed by atoms with Crippen molar-refractivity contribution in [2.75, 3.05) is 21.3 Å². The van der Waals surface area contributed by atoms with E-state index in [9.17, 15) is 14.4 Å². The van der Waals surface area contributed by atoms with Crippen molar-refractivity contribution in [1.82, 2.24) is 0 Å². The Kier molecular flexibility index (Phi) is 4.20. The molecule has 0 aliphatic heterocycles. The zero-order chi connectivity index (χ0) is 18.2. The molecule has 3 rings (SSSR count). The Morgan fingerprint density at radius 1 is 0.880 bits per heavy atom. The second kappa shape index (κ2) is 6.20. The molecule has 0 heterocycles. The summed E-state index contributed by atoms with van der Waals surface area (Å²) in [4.78, 5) is 39.2. The number of ether oxygens (including phenoxy) is 3. The average Bonchev–Trinajstić information content (AvgIpc) is 2.85. The van der Waals surface area contributed by atoms with Gasteiger partial charge in [-0.25, -0.2) is 0 Å². The van der Waals surface area contributed by atoms with E-state index in [0.29, 0.717) is 11.3 Å². The van der Waals surface area contributed by atoms with E-state index < -0.39 is 28.7 Å². The number of ketones is 3. The maximum atomic E-state index is 13.1. The van der Waals surface area contributed by atoms with Crippen LogP contribution in [0.25, 0.3) is 0 Å². The van der Waals surface area contributed by atoms with Gasteiger partial charge in [-0.15, -0.1) is 0 Å². The Balaban J connectivity index is 2.24. The van der Waals surface area contributed by atoms with Crippen LogP contribution in [0.5, 0.6) is 0 Å². The first-order chi connectivity index (χ1) is 12.0. The van der Waals surface area contributed by atoms with E-state index in [4.69, 9.17) is 14.2 Å². The van der Waals surface area contributed by atoms with Gasteiger partial charge in [-0.3, -0.25) is 14.4 Å². The molecule has 2 aliphatic rings. The van der Waals surface area contributed by atoms with Crippen LogP contribution >= 0.6 is 0 Å². The third kappa shape index (κ3) is 2.21. The molecule has 6 nitrogen and oxygen atoms in total. The number of benzene rings is 1. The lowest BCUT2D eigenvalue weighted by molar-refractivity contribution is -0.146. The smallest absolute Gasteiger partial charge is 0.223 e. The van der Waals surface area contributed by atoms with Crippen LogP contribution in [0.3, 0.4) is 0 Å². The molecule has 0 N–H and O–H groups in total. The summed E-state index contributed by atoms with van der Waals surface area (Å²) in [5.41, 5.74) is -1.20. The van der Waals surface area contributed by atoms with E-state index in [-0.39, 0.29) is 17.9 Å². The fraction of sp³-hybridized carbons (Fsp3) is 0.316. The van der Waals surface area contributed by atoms with Crippen molar-refractivity contribution < 1.29 is 28.6 Å². The van der Waals surface area contributed by atoms with Crippen LogP contribution in [0.4, 0.5) is 0 Å². The van der Waals surface area contributed by atoms with E-state index in [1.165, 1.54) is 27.4 Å². The SMILES string of the molecule is COC1=CC(=O)C2(C(=O)C(OC)=C(OC)C2=O)[C@@H](c2ccccc2)C1. The lowest BCUT2D eigenvalue weighted by Gasteiger charge is -2.36. The minimum Gasteiger partial charge on any atom is -0.501 e. The fourth-order valence-electron chi connectivity index (χ4n) is 3.62. The van der Waals surface area contributed by atoms with Crippen LogP contribution in [-0.2, 0) is 28.6 Å². The largest absolute Gasteiger partial charge is 0.501 e. The molecule has 0 saturated heterocycles. The number of hydrogen-bond donors (Lipinski definition) is 0. The average molecular weight is 342 g/mol. The minimum absolute atomic E-state index is 0.212. The van der Waals surface area contributed by atoms with Crippen molar-refractivity contribution in [3.8, 4) is 0 Å². The molecule has 2 aliphatic carbocycles. The van der Waals surface area contributed by atoms with Gasteiger partial charge in [0.15, 0.2) is 11.2 Å². The third-order valence-electron chi connectivity index (χ3n) is 4.82. The lowest BCUT2D eigenvalue weighted by Crippen LogP contribution is -2.49. The highest BCUT2D eigenvalue weighted by Crippen LogP contribution is 2.52. The Hall–Kier alpha value is -2.89. The van der Waals surface area contributed by atoms with Crippen LogP contribution in [0.15, 0.2) is 53.7 Å². The topological polar surface area (TPSA) is 78.9 Å². The number of carbonyl (C=O) groups excluding carboxylic acids is 3. The van der Waals surface area contributed by atoms with Gasteiger partial charge in [0.05, 0.1) is 27.1 Å². The van der Waals surface area contributed by atoms with Gasteiger partial charge in [-0.2, -0.15) is 0 Å². The number of methoxy groups -OCH3 is 3. The first-order valence-corrected chi connectivity index (χ1v) is 7.78. The first kappa shape index (κ1) is 17.0. The molecule has 0 unspecified atom stereocenters. The second-order valence-electron chi connectivity index (χ2n) is 5.88. The van der Waals surface area contributed by atoms with E-state index >= 15 is 0 Å². The molecule has 0 saturated carbocycles. The number of rotatable bonds is 4. The molecule has 0 aromatic heterocycles.